The quantitative estimate of drug-likeness (QED) is 0.880. The molecule has 3 heteroatoms. The number of aliphatic carboxylic acids is 1. The molecule has 3 nitrogen and oxygen atoms in total. The topological polar surface area (TPSA) is 50.2 Å². The van der Waals surface area contributed by atoms with Crippen molar-refractivity contribution >= 4 is 5.97 Å². The van der Waals surface area contributed by atoms with Crippen LogP contribution in [0, 0.1) is 0 Å². The van der Waals surface area contributed by atoms with E-state index in [1.807, 2.05) is 48.5 Å². The summed E-state index contributed by atoms with van der Waals surface area (Å²) in [5, 5.41) is 8.37. The average molecular weight is 229 g/mol. The van der Waals surface area contributed by atoms with Crippen LogP contribution in [-0.4, -0.2) is 16.1 Å². The molecule has 1 N–H and O–H groups in total. The number of carbonyl (C=O) groups is 1. The number of aryl methyl sites for hydroxylation is 1. The number of benzene rings is 1. The van der Waals surface area contributed by atoms with E-state index in [-0.39, 0.29) is 6.42 Å². The van der Waals surface area contributed by atoms with Gasteiger partial charge in [0.05, 0.1) is 0 Å². The zero-order valence-electron chi connectivity index (χ0n) is 9.49. The van der Waals surface area contributed by atoms with E-state index < -0.39 is 5.97 Å². The fraction of sp³-hybridized carbons (Fsp3) is 0.143. The van der Waals surface area contributed by atoms with Crippen LogP contribution in [0.5, 0.6) is 0 Å². The summed E-state index contributed by atoms with van der Waals surface area (Å²) in [7, 11) is 0. The minimum Gasteiger partial charge on any atom is -0.481 e. The van der Waals surface area contributed by atoms with Gasteiger partial charge in [-0.15, -0.1) is 0 Å². The summed E-state index contributed by atoms with van der Waals surface area (Å²) < 4.78 is 0. The van der Waals surface area contributed by atoms with Gasteiger partial charge >= 0.3 is 5.97 Å². The average Bonchev–Trinajstić information content (AvgIpc) is 2.40. The molecule has 0 fully saturated rings. The molecule has 17 heavy (non-hydrogen) atoms. The van der Waals surface area contributed by atoms with Crippen molar-refractivity contribution in [3.05, 3.63) is 66.5 Å². The van der Waals surface area contributed by atoms with Gasteiger partial charge in [0.15, 0.2) is 0 Å². The highest BCUT2D eigenvalue weighted by Crippen LogP contribution is 2.01. The molecule has 0 radical (unpaired) electrons. The predicted molar refractivity (Wildman–Crippen MR) is 66.6 cm³/mol. The minimum absolute atomic E-state index is 0.212. The highest BCUT2D eigenvalue weighted by atomic mass is 16.4. The van der Waals surface area contributed by atoms with E-state index in [1.54, 1.807) is 12.4 Å². The molecule has 0 bridgehead atoms. The third-order valence-electron chi connectivity index (χ3n) is 2.04. The zero-order chi connectivity index (χ0) is 12.3. The molecule has 0 saturated carbocycles. The Morgan fingerprint density at radius 1 is 1.00 bits per heavy atom. The van der Waals surface area contributed by atoms with Crippen molar-refractivity contribution in [1.29, 1.82) is 0 Å². The highest BCUT2D eigenvalue weighted by molar-refractivity contribution is 5.67. The van der Waals surface area contributed by atoms with Crippen molar-refractivity contribution in [1.82, 2.24) is 4.98 Å². The second kappa shape index (κ2) is 8.05. The summed E-state index contributed by atoms with van der Waals surface area (Å²) in [6, 6.07) is 15.3. The summed E-state index contributed by atoms with van der Waals surface area (Å²) in [5.41, 5.74) is 1.08. The molecule has 88 valence electrons. The lowest BCUT2D eigenvalue weighted by Gasteiger charge is -1.95. The molecule has 0 amide bonds. The van der Waals surface area contributed by atoms with E-state index >= 15 is 0 Å². The van der Waals surface area contributed by atoms with Gasteiger partial charge in [0.1, 0.15) is 0 Å². The Morgan fingerprint density at radius 3 is 2.00 bits per heavy atom. The van der Waals surface area contributed by atoms with Crippen LogP contribution >= 0.6 is 0 Å². The number of aromatic nitrogens is 1. The Bertz CT molecular complexity index is 388. The number of nitrogens with zero attached hydrogens (tertiary/aromatic N) is 1. The van der Waals surface area contributed by atoms with Crippen LogP contribution in [0.1, 0.15) is 12.0 Å². The predicted octanol–water partition coefficient (Wildman–Crippen LogP) is 2.79. The van der Waals surface area contributed by atoms with Gasteiger partial charge in [-0.1, -0.05) is 36.4 Å². The molecular formula is C14H15NO2. The molecule has 0 saturated heterocycles. The third-order valence-corrected chi connectivity index (χ3v) is 2.04. The van der Waals surface area contributed by atoms with Gasteiger partial charge in [0.25, 0.3) is 0 Å². The summed E-state index contributed by atoms with van der Waals surface area (Å²) in [5.74, 6) is -0.742. The molecule has 0 aliphatic heterocycles. The molecule has 1 aromatic carbocycles. The van der Waals surface area contributed by atoms with Crippen LogP contribution in [0.15, 0.2) is 60.9 Å². The van der Waals surface area contributed by atoms with Gasteiger partial charge < -0.3 is 5.11 Å². The normalized spacial score (nSPS) is 8.94. The van der Waals surface area contributed by atoms with Crippen LogP contribution in [0.25, 0.3) is 0 Å². The fourth-order valence-corrected chi connectivity index (χ4v) is 1.21. The Hall–Kier alpha value is -2.16. The van der Waals surface area contributed by atoms with Crippen LogP contribution in [0.3, 0.4) is 0 Å². The lowest BCUT2D eigenvalue weighted by atomic mass is 10.1. The van der Waals surface area contributed by atoms with E-state index in [9.17, 15) is 4.79 Å². The Kier molecular flexibility index (Phi) is 6.11. The molecule has 2 rings (SSSR count). The molecule has 0 atom stereocenters. The van der Waals surface area contributed by atoms with Gasteiger partial charge in [0, 0.05) is 18.8 Å². The summed E-state index contributed by atoms with van der Waals surface area (Å²) in [6.07, 6.45) is 4.33. The lowest BCUT2D eigenvalue weighted by Crippen LogP contribution is -1.96. The number of carboxylic acids is 1. The maximum Gasteiger partial charge on any atom is 0.303 e. The number of carboxylic acid groups (broad SMARTS) is 1. The second-order valence-electron chi connectivity index (χ2n) is 3.40. The van der Waals surface area contributed by atoms with E-state index in [2.05, 4.69) is 4.98 Å². The van der Waals surface area contributed by atoms with Crippen LogP contribution in [0.2, 0.25) is 0 Å². The van der Waals surface area contributed by atoms with Crippen molar-refractivity contribution < 1.29 is 9.90 Å². The number of hydrogen-bond acceptors (Lipinski definition) is 2. The Morgan fingerprint density at radius 2 is 1.59 bits per heavy atom. The van der Waals surface area contributed by atoms with Gasteiger partial charge in [-0.05, 0) is 24.1 Å². The lowest BCUT2D eigenvalue weighted by molar-refractivity contribution is -0.136. The Labute approximate surface area is 101 Å². The first-order valence-corrected chi connectivity index (χ1v) is 5.40. The van der Waals surface area contributed by atoms with Crippen molar-refractivity contribution in [2.45, 2.75) is 12.8 Å². The molecule has 1 heterocycles. The van der Waals surface area contributed by atoms with Crippen molar-refractivity contribution in [2.75, 3.05) is 0 Å². The molecule has 0 aliphatic rings. The maximum atomic E-state index is 10.2. The first-order valence-electron chi connectivity index (χ1n) is 5.40. The molecular weight excluding hydrogens is 214 g/mol. The minimum atomic E-state index is -0.742. The molecule has 0 unspecified atom stereocenters. The van der Waals surface area contributed by atoms with E-state index in [0.717, 1.165) is 5.56 Å². The van der Waals surface area contributed by atoms with E-state index in [1.165, 1.54) is 0 Å². The van der Waals surface area contributed by atoms with Gasteiger partial charge in [0.2, 0.25) is 0 Å². The molecule has 0 aliphatic carbocycles. The van der Waals surface area contributed by atoms with Gasteiger partial charge in [-0.2, -0.15) is 0 Å². The number of hydrogen-bond donors (Lipinski definition) is 1. The molecule has 0 spiro atoms. The fourth-order valence-electron chi connectivity index (χ4n) is 1.21. The van der Waals surface area contributed by atoms with Crippen LogP contribution in [0.4, 0.5) is 0 Å². The van der Waals surface area contributed by atoms with Crippen molar-refractivity contribution in [3.63, 3.8) is 0 Å². The maximum absolute atomic E-state index is 10.2. The smallest absolute Gasteiger partial charge is 0.303 e. The van der Waals surface area contributed by atoms with Gasteiger partial charge in [-0.25, -0.2) is 0 Å². The summed E-state index contributed by atoms with van der Waals surface area (Å²) >= 11 is 0. The van der Waals surface area contributed by atoms with E-state index in [4.69, 9.17) is 5.11 Å². The standard InChI is InChI=1S/C9H10O2.C5H5N/c10-9(11)7-6-8-4-2-1-3-5-8;1-2-4-6-5-3-1/h1-5H,6-7H2,(H,10,11);1-5H. The molecule has 1 aromatic heterocycles. The zero-order valence-corrected chi connectivity index (χ0v) is 9.49. The van der Waals surface area contributed by atoms with Crippen LogP contribution < -0.4 is 0 Å². The van der Waals surface area contributed by atoms with Gasteiger partial charge in [-0.3, -0.25) is 9.78 Å². The first-order chi connectivity index (χ1) is 8.29. The summed E-state index contributed by atoms with van der Waals surface area (Å²) in [4.78, 5) is 14.0. The SMILES string of the molecule is O=C(O)CCc1ccccc1.c1ccncc1. The van der Waals surface area contributed by atoms with E-state index in [0.29, 0.717) is 6.42 Å². The monoisotopic (exact) mass is 229 g/mol. The largest absolute Gasteiger partial charge is 0.481 e. The second-order valence-corrected chi connectivity index (χ2v) is 3.40. The Balaban J connectivity index is 0.000000202. The number of pyridine rings is 1. The number of rotatable bonds is 3. The van der Waals surface area contributed by atoms with Crippen molar-refractivity contribution in [2.24, 2.45) is 0 Å². The molecule has 2 aromatic rings. The third kappa shape index (κ3) is 6.84. The summed E-state index contributed by atoms with van der Waals surface area (Å²) in [6.45, 7) is 0. The van der Waals surface area contributed by atoms with Crippen LogP contribution in [-0.2, 0) is 11.2 Å². The van der Waals surface area contributed by atoms with Crippen molar-refractivity contribution in [3.8, 4) is 0 Å². The highest BCUT2D eigenvalue weighted by Gasteiger charge is 1.96. The first kappa shape index (κ1) is 12.9.